The Hall–Kier alpha value is -2.04. The van der Waals surface area contributed by atoms with Gasteiger partial charge >= 0.3 is 0 Å². The molecule has 0 spiro atoms. The van der Waals surface area contributed by atoms with Crippen LogP contribution in [0.15, 0.2) is 35.4 Å². The molecule has 2 aromatic rings. The van der Waals surface area contributed by atoms with Gasteiger partial charge in [-0.15, -0.1) is 0 Å². The Morgan fingerprint density at radius 2 is 2.16 bits per heavy atom. The number of rotatable bonds is 3. The highest BCUT2D eigenvalue weighted by atomic mass is 35.5. The number of hydrogen-bond donors (Lipinski definition) is 1. The van der Waals surface area contributed by atoms with Crippen molar-refractivity contribution in [1.82, 2.24) is 9.78 Å². The molecule has 0 aliphatic rings. The Morgan fingerprint density at radius 1 is 1.42 bits per heavy atom. The Kier molecular flexibility index (Phi) is 3.46. The van der Waals surface area contributed by atoms with Gasteiger partial charge in [-0.1, -0.05) is 11.6 Å². The molecule has 1 aromatic carbocycles. The minimum atomic E-state index is -3.76. The number of aromatic nitrogens is 2. The maximum Gasteiger partial charge on any atom is 0.263 e. The Morgan fingerprint density at radius 3 is 2.68 bits per heavy atom. The zero-order chi connectivity index (χ0) is 14.0. The first kappa shape index (κ1) is 13.4. The summed E-state index contributed by atoms with van der Waals surface area (Å²) in [4.78, 5) is -0.0160. The van der Waals surface area contributed by atoms with E-state index < -0.39 is 10.0 Å². The molecule has 0 saturated heterocycles. The molecule has 0 bridgehead atoms. The molecular weight excluding hydrogens is 288 g/mol. The van der Waals surface area contributed by atoms with Gasteiger partial charge in [0, 0.05) is 13.1 Å². The fourth-order valence-electron chi connectivity index (χ4n) is 1.42. The summed E-state index contributed by atoms with van der Waals surface area (Å²) in [5.74, 6) is 0.334. The molecule has 19 heavy (non-hydrogen) atoms. The number of nitriles is 1. The van der Waals surface area contributed by atoms with Crippen LogP contribution in [0.5, 0.6) is 0 Å². The highest BCUT2D eigenvalue weighted by molar-refractivity contribution is 7.92. The summed E-state index contributed by atoms with van der Waals surface area (Å²) in [6.45, 7) is 0. The molecule has 0 atom stereocenters. The van der Waals surface area contributed by atoms with Gasteiger partial charge in [0.25, 0.3) is 10.0 Å². The van der Waals surface area contributed by atoms with Crippen LogP contribution in [0.4, 0.5) is 5.82 Å². The van der Waals surface area contributed by atoms with E-state index in [4.69, 9.17) is 16.9 Å². The summed E-state index contributed by atoms with van der Waals surface area (Å²) in [5, 5.41) is 12.7. The van der Waals surface area contributed by atoms with Crippen molar-refractivity contribution in [2.75, 3.05) is 4.72 Å². The average molecular weight is 297 g/mol. The van der Waals surface area contributed by atoms with Crippen LogP contribution in [0, 0.1) is 11.3 Å². The van der Waals surface area contributed by atoms with Crippen LogP contribution < -0.4 is 4.72 Å². The quantitative estimate of drug-likeness (QED) is 0.934. The molecule has 2 rings (SSSR count). The monoisotopic (exact) mass is 296 g/mol. The predicted molar refractivity (Wildman–Crippen MR) is 70.2 cm³/mol. The minimum absolute atomic E-state index is 0.0160. The molecular formula is C11H9ClN4O2S. The van der Waals surface area contributed by atoms with Crippen molar-refractivity contribution in [3.63, 3.8) is 0 Å². The Bertz CT molecular complexity index is 761. The molecule has 1 N–H and O–H groups in total. The summed E-state index contributed by atoms with van der Waals surface area (Å²) in [6.07, 6.45) is 1.48. The van der Waals surface area contributed by atoms with Gasteiger partial charge in [-0.05, 0) is 18.2 Å². The second-order valence-corrected chi connectivity index (χ2v) is 5.79. The first-order chi connectivity index (χ1) is 8.94. The molecule has 1 heterocycles. The number of benzene rings is 1. The lowest BCUT2D eigenvalue weighted by atomic mass is 10.2. The van der Waals surface area contributed by atoms with Crippen LogP contribution >= 0.6 is 11.6 Å². The summed E-state index contributed by atoms with van der Waals surface area (Å²) in [6, 6.07) is 7.32. The van der Waals surface area contributed by atoms with Crippen molar-refractivity contribution in [2.45, 2.75) is 4.90 Å². The lowest BCUT2D eigenvalue weighted by Gasteiger charge is -2.08. The molecule has 1 aromatic heterocycles. The van der Waals surface area contributed by atoms with Gasteiger partial charge in [-0.3, -0.25) is 9.40 Å². The summed E-state index contributed by atoms with van der Waals surface area (Å²) >= 11 is 5.82. The number of nitrogens with one attached hydrogen (secondary N) is 1. The molecule has 6 nitrogen and oxygen atoms in total. The van der Waals surface area contributed by atoms with Crippen molar-refractivity contribution in [3.05, 3.63) is 41.0 Å². The number of nitrogens with zero attached hydrogens (tertiary/aromatic N) is 3. The average Bonchev–Trinajstić information content (AvgIpc) is 2.74. The SMILES string of the molecule is Cn1nccc1NS(=O)(=O)c1ccc(C#N)c(Cl)c1. The number of aryl methyl sites for hydroxylation is 1. The smallest absolute Gasteiger partial charge is 0.263 e. The zero-order valence-electron chi connectivity index (χ0n) is 9.83. The topological polar surface area (TPSA) is 87.8 Å². The number of hydrogen-bond acceptors (Lipinski definition) is 4. The molecule has 0 saturated carbocycles. The highest BCUT2D eigenvalue weighted by Gasteiger charge is 2.17. The predicted octanol–water partition coefficient (Wildman–Crippen LogP) is 1.75. The second kappa shape index (κ2) is 4.91. The zero-order valence-corrected chi connectivity index (χ0v) is 11.4. The normalized spacial score (nSPS) is 11.0. The largest absolute Gasteiger partial charge is 0.264 e. The molecule has 0 aliphatic carbocycles. The van der Waals surface area contributed by atoms with Gasteiger partial charge in [0.15, 0.2) is 0 Å². The minimum Gasteiger partial charge on any atom is -0.264 e. The Balaban J connectivity index is 2.38. The van der Waals surface area contributed by atoms with Crippen molar-refractivity contribution < 1.29 is 8.42 Å². The molecule has 98 valence electrons. The maximum atomic E-state index is 12.1. The molecule has 0 unspecified atom stereocenters. The molecule has 0 fully saturated rings. The third-order valence-electron chi connectivity index (χ3n) is 2.43. The van der Waals surface area contributed by atoms with E-state index >= 15 is 0 Å². The standard InChI is InChI=1S/C11H9ClN4O2S/c1-16-11(4-5-14-16)15-19(17,18)9-3-2-8(7-13)10(12)6-9/h2-6,15H,1H3. The van der Waals surface area contributed by atoms with Crippen LogP contribution in [0.25, 0.3) is 0 Å². The van der Waals surface area contributed by atoms with Crippen molar-refractivity contribution >= 4 is 27.4 Å². The van der Waals surface area contributed by atoms with Gasteiger partial charge < -0.3 is 0 Å². The van der Waals surface area contributed by atoms with Crippen molar-refractivity contribution in [1.29, 1.82) is 5.26 Å². The van der Waals surface area contributed by atoms with E-state index in [-0.39, 0.29) is 15.5 Å². The van der Waals surface area contributed by atoms with Gasteiger partial charge in [0.2, 0.25) is 0 Å². The van der Waals surface area contributed by atoms with Crippen LogP contribution in [-0.4, -0.2) is 18.2 Å². The lowest BCUT2D eigenvalue weighted by Crippen LogP contribution is -2.15. The van der Waals surface area contributed by atoms with E-state index in [1.807, 2.05) is 6.07 Å². The van der Waals surface area contributed by atoms with E-state index in [1.165, 1.54) is 35.1 Å². The first-order valence-corrected chi connectivity index (χ1v) is 7.00. The van der Waals surface area contributed by atoms with Crippen molar-refractivity contribution in [3.8, 4) is 6.07 Å². The third kappa shape index (κ3) is 2.70. The first-order valence-electron chi connectivity index (χ1n) is 5.14. The Labute approximate surface area is 115 Å². The van der Waals surface area contributed by atoms with Crippen molar-refractivity contribution in [2.24, 2.45) is 7.05 Å². The summed E-state index contributed by atoms with van der Waals surface area (Å²) in [7, 11) is -2.14. The van der Waals surface area contributed by atoms with E-state index in [0.29, 0.717) is 5.82 Å². The van der Waals surface area contributed by atoms with Crippen LogP contribution in [-0.2, 0) is 17.1 Å². The van der Waals surface area contributed by atoms with Gasteiger partial charge in [-0.25, -0.2) is 8.42 Å². The fraction of sp³-hybridized carbons (Fsp3) is 0.0909. The van der Waals surface area contributed by atoms with Gasteiger partial charge in [0.1, 0.15) is 11.9 Å². The van der Waals surface area contributed by atoms with Gasteiger partial charge in [0.05, 0.1) is 21.7 Å². The molecule has 0 aliphatic heterocycles. The second-order valence-electron chi connectivity index (χ2n) is 3.70. The number of anilines is 1. The maximum absolute atomic E-state index is 12.1. The van der Waals surface area contributed by atoms with Crippen LogP contribution in [0.1, 0.15) is 5.56 Å². The van der Waals surface area contributed by atoms with Crippen LogP contribution in [0.3, 0.4) is 0 Å². The molecule has 0 radical (unpaired) electrons. The molecule has 8 heteroatoms. The number of halogens is 1. The summed E-state index contributed by atoms with van der Waals surface area (Å²) < 4.78 is 28.0. The third-order valence-corrected chi connectivity index (χ3v) is 4.10. The van der Waals surface area contributed by atoms with E-state index in [2.05, 4.69) is 9.82 Å². The van der Waals surface area contributed by atoms with Crippen LogP contribution in [0.2, 0.25) is 5.02 Å². The lowest BCUT2D eigenvalue weighted by molar-refractivity contribution is 0.600. The van der Waals surface area contributed by atoms with E-state index in [1.54, 1.807) is 7.05 Å². The summed E-state index contributed by atoms with van der Waals surface area (Å²) in [5.41, 5.74) is 0.223. The van der Waals surface area contributed by atoms with E-state index in [9.17, 15) is 8.42 Å². The number of sulfonamides is 1. The fourth-order valence-corrected chi connectivity index (χ4v) is 2.83. The van der Waals surface area contributed by atoms with Gasteiger partial charge in [-0.2, -0.15) is 10.4 Å². The molecule has 0 amide bonds. The highest BCUT2D eigenvalue weighted by Crippen LogP contribution is 2.22. The van der Waals surface area contributed by atoms with E-state index in [0.717, 1.165) is 0 Å².